The Labute approximate surface area is 557 Å². The van der Waals surface area contributed by atoms with Crippen LogP contribution >= 0.6 is 0 Å². The predicted molar refractivity (Wildman–Crippen MR) is 348 cm³/mol. The molecule has 91 heavy (non-hydrogen) atoms. The number of carboxylic acids is 1. The molecule has 6 N–H and O–H groups in total. The minimum atomic E-state index is -1.05. The molecule has 9 heterocycles. The third-order valence-corrected chi connectivity index (χ3v) is 15.6. The first-order chi connectivity index (χ1) is 43.8. The van der Waals surface area contributed by atoms with E-state index in [2.05, 4.69) is 61.8 Å². The molecule has 0 spiro atoms. The van der Waals surface area contributed by atoms with E-state index in [0.717, 1.165) is 147 Å². The van der Waals surface area contributed by atoms with Crippen molar-refractivity contribution in [2.24, 2.45) is 28.2 Å². The Hall–Kier alpha value is -7.92. The van der Waals surface area contributed by atoms with Gasteiger partial charge in [0.15, 0.2) is 0 Å². The second kappa shape index (κ2) is 35.0. The van der Waals surface area contributed by atoms with Crippen LogP contribution in [0, 0.1) is 45.0 Å². The summed E-state index contributed by atoms with van der Waals surface area (Å²) in [6.45, 7) is 19.0. The van der Waals surface area contributed by atoms with Gasteiger partial charge in [-0.2, -0.15) is 0 Å². The van der Waals surface area contributed by atoms with Gasteiger partial charge < -0.3 is 68.7 Å². The van der Waals surface area contributed by atoms with E-state index >= 15 is 0 Å². The monoisotopic (exact) mass is 1470 g/mol. The number of aryl methyl sites for hydroxylation is 6. The Bertz CT molecular complexity index is 3660. The third-order valence-electron chi connectivity index (χ3n) is 15.6. The molecule has 2 aromatic carbocycles. The summed E-state index contributed by atoms with van der Waals surface area (Å²) in [7, 11) is 13.1. The van der Waals surface area contributed by atoms with Crippen LogP contribution in [0.1, 0.15) is 74.1 Å². The molecular formula is C65H84BN14O10U+. The summed E-state index contributed by atoms with van der Waals surface area (Å²) in [5, 5.41) is 27.2. The van der Waals surface area contributed by atoms with Gasteiger partial charge in [0, 0.05) is 168 Å². The maximum Gasteiger partial charge on any atom is 0.352 e. The van der Waals surface area contributed by atoms with Gasteiger partial charge in [0.2, 0.25) is 0 Å². The Balaban J connectivity index is 0.000000197. The standard InChI is InChI=1S/C23H27N5O3.C16H13N3O3.2C13H21N3O2.BH.U/c1-27-16-19(26-22(29)20-13-17-5-3-4-6-18(17)15-25-20)14-21(27)23(30)24-7-8-28(2)9-11-31-12-10-28;1-19-9-12(7-14(19)16(21)22)18-15(20)13-6-10-4-2-3-5-11(10)8-17-13;2*1-11-9-12(15(2)10-11)13(17)14-3-4-16-5-7-18-8-6-16;;/h3-6,13-16H,7-12H2,1-2H3,(H-,24,26,29,30);2-9H,1H3,(H,18,20)(H,21,22);2*9-10H,3-8H2,1-2H3,(H,14,17);1H;/p+1/i;;;;1T;. The summed E-state index contributed by atoms with van der Waals surface area (Å²) in [6.07, 6.45) is 10.5. The second-order valence-corrected chi connectivity index (χ2v) is 22.6. The molecule has 3 saturated heterocycles. The van der Waals surface area contributed by atoms with Crippen LogP contribution in [-0.2, 0) is 42.4 Å². The van der Waals surface area contributed by atoms with Crippen molar-refractivity contribution in [3.05, 3.63) is 167 Å². The zero-order valence-electron chi connectivity index (χ0n) is 54.0. The van der Waals surface area contributed by atoms with E-state index < -0.39 is 5.97 Å². The summed E-state index contributed by atoms with van der Waals surface area (Å²) in [6, 6.07) is 25.7. The Morgan fingerprint density at radius 1 is 0.516 bits per heavy atom. The molecular weight excluding hydrogens is 1390 g/mol. The minimum absolute atomic E-state index is 0. The van der Waals surface area contributed by atoms with Crippen LogP contribution in [0.15, 0.2) is 122 Å². The number of aromatic carboxylic acids is 1. The van der Waals surface area contributed by atoms with Gasteiger partial charge in [-0.15, -0.1) is 0 Å². The number of benzene rings is 2. The van der Waals surface area contributed by atoms with Crippen molar-refractivity contribution < 1.29 is 83.7 Å². The van der Waals surface area contributed by atoms with E-state index in [1.54, 1.807) is 61.6 Å². The number of nitrogens with zero attached hydrogens (tertiary/aromatic N) is 9. The fraction of sp³-hybridized carbons (Fsp3) is 0.385. The number of nitrogens with one attached hydrogen (secondary N) is 5. The number of carboxylic acid groups (broad SMARTS) is 1. The molecule has 0 bridgehead atoms. The van der Waals surface area contributed by atoms with E-state index in [0.29, 0.717) is 42.4 Å². The summed E-state index contributed by atoms with van der Waals surface area (Å²) < 4.78 is 29.0. The third kappa shape index (κ3) is 21.3. The predicted octanol–water partition coefficient (Wildman–Crippen LogP) is 4.70. The first-order valence-electron chi connectivity index (χ1n) is 30.4. The number of hydrogen-bond acceptors (Lipinski definition) is 13. The number of rotatable bonds is 17. The van der Waals surface area contributed by atoms with Crippen LogP contribution in [0.4, 0.5) is 11.4 Å². The number of hydrogen-bond donors (Lipinski definition) is 6. The van der Waals surface area contributed by atoms with E-state index in [4.69, 9.17) is 20.7 Å². The van der Waals surface area contributed by atoms with Gasteiger partial charge in [-0.3, -0.25) is 43.7 Å². The number of morpholine rings is 3. The number of carbonyl (C=O) groups is 6. The number of likely N-dealkylation sites (N-methyl/N-ethyl adjacent to an activating group) is 1. The van der Waals surface area contributed by atoms with Gasteiger partial charge >= 0.3 is 5.97 Å². The van der Waals surface area contributed by atoms with E-state index in [-0.39, 0.29) is 72.0 Å². The van der Waals surface area contributed by atoms with Gasteiger partial charge in [-0.25, -0.2) is 4.79 Å². The maximum absolute atomic E-state index is 12.6. The zero-order valence-corrected chi connectivity index (χ0v) is 57.2. The summed E-state index contributed by atoms with van der Waals surface area (Å²) >= 11 is 0. The molecule has 11 rings (SSSR count). The number of fused-ring (bicyclic) bond motifs is 2. The normalized spacial score (nSPS) is 14.6. The van der Waals surface area contributed by atoms with Crippen molar-refractivity contribution in [1.82, 2.24) is 54.0 Å². The molecule has 3 aliphatic heterocycles. The van der Waals surface area contributed by atoms with Gasteiger partial charge in [-0.05, 0) is 73.5 Å². The van der Waals surface area contributed by atoms with Gasteiger partial charge in [0.25, 0.3) is 29.5 Å². The van der Waals surface area contributed by atoms with Gasteiger partial charge in [-0.1, -0.05) is 48.5 Å². The van der Waals surface area contributed by atoms with Crippen molar-refractivity contribution in [2.75, 3.05) is 136 Å². The van der Waals surface area contributed by atoms with Crippen LogP contribution in [0.25, 0.3) is 21.5 Å². The fourth-order valence-electron chi connectivity index (χ4n) is 10.4. The number of anilines is 2. The average molecular weight is 1470 g/mol. The quantitative estimate of drug-likeness (QED) is 0.0534. The number of ether oxygens (including phenoxy) is 3. The molecule has 3 fully saturated rings. The zero-order chi connectivity index (χ0) is 65.5. The van der Waals surface area contributed by atoms with Crippen molar-refractivity contribution in [3.8, 4) is 0 Å². The van der Waals surface area contributed by atoms with Crippen LogP contribution in [0.5, 0.6) is 0 Å². The van der Waals surface area contributed by atoms with Crippen LogP contribution in [0.2, 0.25) is 0 Å². The largest absolute Gasteiger partial charge is 0.477 e. The van der Waals surface area contributed by atoms with Crippen molar-refractivity contribution in [3.63, 3.8) is 0 Å². The molecule has 0 saturated carbocycles. The fourth-order valence-corrected chi connectivity index (χ4v) is 10.4. The number of amides is 5. The first kappa shape index (κ1) is 70.5. The topological polar surface area (TPSA) is 262 Å². The molecule has 2 radical (unpaired) electrons. The summed E-state index contributed by atoms with van der Waals surface area (Å²) in [4.78, 5) is 85.4. The number of aromatic nitrogens is 6. The molecule has 0 aliphatic carbocycles. The summed E-state index contributed by atoms with van der Waals surface area (Å²) in [5.41, 5.74) is 5.82. The van der Waals surface area contributed by atoms with Crippen molar-refractivity contribution >= 4 is 76.8 Å². The minimum Gasteiger partial charge on any atom is -0.477 e. The van der Waals surface area contributed by atoms with Crippen LogP contribution in [-0.4, -0.2) is 218 Å². The molecule has 6 aromatic heterocycles. The molecule has 0 unspecified atom stereocenters. The molecule has 26 heteroatoms. The number of carbonyl (C=O) groups excluding carboxylic acids is 5. The van der Waals surface area contributed by atoms with Crippen LogP contribution < -0.4 is 26.6 Å². The van der Waals surface area contributed by atoms with Gasteiger partial charge in [0.05, 0.1) is 71.2 Å². The average Bonchev–Trinajstić information content (AvgIpc) is 1.01. The summed E-state index contributed by atoms with van der Waals surface area (Å²) in [5.74, 6) is -1.91. The van der Waals surface area contributed by atoms with E-state index in [1.807, 2.05) is 110 Å². The van der Waals surface area contributed by atoms with Crippen LogP contribution in [0.3, 0.4) is 0 Å². The van der Waals surface area contributed by atoms with E-state index in [9.17, 15) is 28.8 Å². The Morgan fingerprint density at radius 2 is 0.879 bits per heavy atom. The van der Waals surface area contributed by atoms with Crippen molar-refractivity contribution in [2.45, 2.75) is 13.8 Å². The molecule has 0 atom stereocenters. The Kier molecular flexibility index (Phi) is 27.2. The maximum atomic E-state index is 12.6. The Morgan fingerprint density at radius 3 is 1.27 bits per heavy atom. The number of quaternary nitrogens is 1. The molecule has 24 nitrogen and oxygen atoms in total. The van der Waals surface area contributed by atoms with E-state index in [1.165, 1.54) is 10.6 Å². The molecule has 5 amide bonds. The SMILES string of the molecule is Cc1cc(C(=O)NCCN2CCOCC2)n(C)c1.Cc1cc(C(=O)NCCN2CCOCC2)n(C)c1.Cn1cc(NC(=O)c2cc3ccccc3cn2)cc1C(=O)NCC[N+]1(C)CCOCC1.Cn1cc(NC(=O)c2cc3ccccc3cn2)cc1C(=O)O.[3H][B].[U]. The smallest absolute Gasteiger partial charge is 0.352 e. The molecule has 8 aromatic rings. The first-order valence-corrected chi connectivity index (χ1v) is 29.8. The molecule has 480 valence electrons. The number of pyridine rings is 2. The molecule has 3 aliphatic rings. The van der Waals surface area contributed by atoms with Gasteiger partial charge in [0.1, 0.15) is 47.3 Å². The second-order valence-electron chi connectivity index (χ2n) is 22.6. The van der Waals surface area contributed by atoms with Crippen molar-refractivity contribution in [1.29, 1.82) is 1.34 Å².